The average Bonchev–Trinajstić information content (AvgIpc) is 3.11. The zero-order chi connectivity index (χ0) is 15.5. The maximum absolute atomic E-state index is 11.6. The van der Waals surface area contributed by atoms with Crippen molar-refractivity contribution in [3.63, 3.8) is 0 Å². The van der Waals surface area contributed by atoms with Gasteiger partial charge in [-0.1, -0.05) is 20.8 Å². The topological polar surface area (TPSA) is 41.6 Å². The van der Waals surface area contributed by atoms with Gasteiger partial charge < -0.3 is 15.0 Å². The van der Waals surface area contributed by atoms with Gasteiger partial charge in [-0.25, -0.2) is 4.79 Å². The molecule has 0 saturated carbocycles. The van der Waals surface area contributed by atoms with Crippen LogP contribution in [0.4, 0.5) is 5.69 Å². The highest BCUT2D eigenvalue weighted by Crippen LogP contribution is 2.40. The molecule has 3 aliphatic rings. The van der Waals surface area contributed by atoms with Crippen molar-refractivity contribution < 1.29 is 9.53 Å². The van der Waals surface area contributed by atoms with Gasteiger partial charge in [0.05, 0.1) is 5.56 Å². The van der Waals surface area contributed by atoms with E-state index in [2.05, 4.69) is 43.1 Å². The molecule has 0 radical (unpaired) electrons. The molecular weight excluding hydrogens is 276 g/mol. The number of nitrogens with zero attached hydrogens (tertiary/aromatic N) is 1. The number of cyclic esters (lactones) is 1. The van der Waals surface area contributed by atoms with Crippen LogP contribution in [0.3, 0.4) is 0 Å². The van der Waals surface area contributed by atoms with Crippen molar-refractivity contribution in [1.82, 2.24) is 5.32 Å². The lowest BCUT2D eigenvalue weighted by atomic mass is 9.78. The van der Waals surface area contributed by atoms with Crippen LogP contribution in [-0.2, 0) is 11.3 Å². The molecule has 0 aliphatic carbocycles. The Kier molecular flexibility index (Phi) is 3.02. The maximum atomic E-state index is 11.6. The third-order valence-corrected chi connectivity index (χ3v) is 5.49. The van der Waals surface area contributed by atoms with E-state index in [-0.39, 0.29) is 5.97 Å². The fourth-order valence-corrected chi connectivity index (χ4v) is 4.40. The van der Waals surface area contributed by atoms with Gasteiger partial charge in [-0.15, -0.1) is 0 Å². The molecule has 4 heteroatoms. The first-order chi connectivity index (χ1) is 10.4. The van der Waals surface area contributed by atoms with Gasteiger partial charge in [0, 0.05) is 36.9 Å². The van der Waals surface area contributed by atoms with Crippen LogP contribution in [0.2, 0.25) is 0 Å². The Labute approximate surface area is 131 Å². The van der Waals surface area contributed by atoms with Crippen molar-refractivity contribution in [1.29, 1.82) is 0 Å². The summed E-state index contributed by atoms with van der Waals surface area (Å²) in [5.41, 5.74) is 3.30. The molecule has 3 aliphatic heterocycles. The molecule has 0 amide bonds. The number of benzene rings is 1. The third-order valence-electron chi connectivity index (χ3n) is 5.49. The number of hydrogen-bond donors (Lipinski definition) is 1. The molecule has 118 valence electrons. The van der Waals surface area contributed by atoms with Crippen molar-refractivity contribution in [3.05, 3.63) is 29.3 Å². The van der Waals surface area contributed by atoms with Crippen LogP contribution in [0.15, 0.2) is 18.2 Å². The number of ether oxygens (including phenoxy) is 1. The van der Waals surface area contributed by atoms with E-state index in [1.807, 2.05) is 6.07 Å². The van der Waals surface area contributed by atoms with Gasteiger partial charge in [0.25, 0.3) is 0 Å². The molecule has 4 rings (SSSR count). The fraction of sp³-hybridized carbons (Fsp3) is 0.611. The number of carbonyl (C=O) groups is 1. The van der Waals surface area contributed by atoms with Crippen LogP contribution in [0, 0.1) is 17.3 Å². The zero-order valence-electron chi connectivity index (χ0n) is 13.6. The molecule has 3 atom stereocenters. The van der Waals surface area contributed by atoms with Crippen LogP contribution in [0.25, 0.3) is 0 Å². The summed E-state index contributed by atoms with van der Waals surface area (Å²) < 4.78 is 5.11. The minimum Gasteiger partial charge on any atom is -0.457 e. The Morgan fingerprint density at radius 1 is 1.27 bits per heavy atom. The summed E-state index contributed by atoms with van der Waals surface area (Å²) >= 11 is 0. The molecule has 1 unspecified atom stereocenters. The molecule has 0 spiro atoms. The first-order valence-electron chi connectivity index (χ1n) is 8.22. The van der Waals surface area contributed by atoms with Crippen molar-refractivity contribution in [2.24, 2.45) is 17.3 Å². The summed E-state index contributed by atoms with van der Waals surface area (Å²) in [7, 11) is 0. The molecule has 3 heterocycles. The normalized spacial score (nSPS) is 30.4. The Morgan fingerprint density at radius 2 is 2.09 bits per heavy atom. The van der Waals surface area contributed by atoms with Gasteiger partial charge in [0.15, 0.2) is 0 Å². The highest BCUT2D eigenvalue weighted by molar-refractivity contribution is 5.93. The molecular formula is C18H24N2O2. The monoisotopic (exact) mass is 300 g/mol. The Morgan fingerprint density at radius 3 is 2.86 bits per heavy atom. The van der Waals surface area contributed by atoms with Crippen molar-refractivity contribution >= 4 is 11.7 Å². The second-order valence-electron chi connectivity index (χ2n) is 8.00. The summed E-state index contributed by atoms with van der Waals surface area (Å²) in [5.74, 6) is 1.26. The van der Waals surface area contributed by atoms with Crippen molar-refractivity contribution in [2.75, 3.05) is 24.5 Å². The number of anilines is 1. The van der Waals surface area contributed by atoms with Crippen LogP contribution in [0.5, 0.6) is 0 Å². The third kappa shape index (κ3) is 2.12. The van der Waals surface area contributed by atoms with E-state index in [1.54, 1.807) is 0 Å². The summed E-state index contributed by atoms with van der Waals surface area (Å²) in [5, 5.41) is 3.73. The lowest BCUT2D eigenvalue weighted by Gasteiger charge is -2.32. The zero-order valence-corrected chi connectivity index (χ0v) is 13.6. The molecule has 0 bridgehead atoms. The van der Waals surface area contributed by atoms with Gasteiger partial charge in [-0.05, 0) is 35.4 Å². The quantitative estimate of drug-likeness (QED) is 0.809. The minimum absolute atomic E-state index is 0.183. The molecule has 2 fully saturated rings. The lowest BCUT2D eigenvalue weighted by Crippen LogP contribution is -2.42. The highest BCUT2D eigenvalue weighted by Gasteiger charge is 2.46. The van der Waals surface area contributed by atoms with Gasteiger partial charge in [-0.2, -0.15) is 0 Å². The summed E-state index contributed by atoms with van der Waals surface area (Å²) in [6.45, 7) is 10.7. The summed E-state index contributed by atoms with van der Waals surface area (Å²) in [6, 6.07) is 6.72. The number of fused-ring (bicyclic) bond motifs is 2. The first-order valence-corrected chi connectivity index (χ1v) is 8.22. The van der Waals surface area contributed by atoms with E-state index in [1.165, 1.54) is 5.69 Å². The Balaban J connectivity index is 1.56. The number of esters is 1. The Bertz CT molecular complexity index is 620. The molecule has 1 aromatic carbocycles. The number of hydrogen-bond acceptors (Lipinski definition) is 4. The number of carbonyl (C=O) groups excluding carboxylic acids is 1. The van der Waals surface area contributed by atoms with Gasteiger partial charge in [0.2, 0.25) is 0 Å². The molecule has 2 saturated heterocycles. The van der Waals surface area contributed by atoms with Crippen LogP contribution >= 0.6 is 0 Å². The van der Waals surface area contributed by atoms with E-state index >= 15 is 0 Å². The molecule has 0 aromatic heterocycles. The number of nitrogens with one attached hydrogen (secondary N) is 1. The first kappa shape index (κ1) is 14.1. The van der Waals surface area contributed by atoms with E-state index in [0.29, 0.717) is 24.0 Å². The molecule has 22 heavy (non-hydrogen) atoms. The van der Waals surface area contributed by atoms with Crippen molar-refractivity contribution in [3.8, 4) is 0 Å². The number of rotatable bonds is 1. The Hall–Kier alpha value is -1.55. The second kappa shape index (κ2) is 4.72. The molecule has 1 N–H and O–H groups in total. The fourth-order valence-electron chi connectivity index (χ4n) is 4.40. The highest BCUT2D eigenvalue weighted by atomic mass is 16.5. The van der Waals surface area contributed by atoms with Gasteiger partial charge in [-0.3, -0.25) is 0 Å². The van der Waals surface area contributed by atoms with Gasteiger partial charge >= 0.3 is 5.97 Å². The predicted molar refractivity (Wildman–Crippen MR) is 86.0 cm³/mol. The van der Waals surface area contributed by atoms with E-state index in [0.717, 1.165) is 36.7 Å². The largest absolute Gasteiger partial charge is 0.457 e. The van der Waals surface area contributed by atoms with Gasteiger partial charge in [0.1, 0.15) is 6.61 Å². The SMILES string of the molecule is CC(C)(C)C1NC[C@@H]2CN(c3ccc4c(c3)COC4=O)C[C@@H]12. The van der Waals surface area contributed by atoms with Crippen LogP contribution in [0.1, 0.15) is 36.7 Å². The lowest BCUT2D eigenvalue weighted by molar-refractivity contribution is 0.0535. The van der Waals surface area contributed by atoms with Crippen molar-refractivity contribution in [2.45, 2.75) is 33.4 Å². The maximum Gasteiger partial charge on any atom is 0.338 e. The molecule has 1 aromatic rings. The summed E-state index contributed by atoms with van der Waals surface area (Å²) in [6.07, 6.45) is 0. The standard InChI is InChI=1S/C18H24N2O2/c1-18(2,3)16-15-9-20(8-12(15)7-19-16)13-4-5-14-11(6-13)10-22-17(14)21/h4-6,12,15-16,19H,7-10H2,1-3H3/t12-,15-,16?/m1/s1. The predicted octanol–water partition coefficient (Wildman–Crippen LogP) is 2.43. The summed E-state index contributed by atoms with van der Waals surface area (Å²) in [4.78, 5) is 14.1. The van der Waals surface area contributed by atoms with Crippen LogP contribution < -0.4 is 10.2 Å². The van der Waals surface area contributed by atoms with E-state index < -0.39 is 0 Å². The second-order valence-corrected chi connectivity index (χ2v) is 8.00. The minimum atomic E-state index is -0.183. The average molecular weight is 300 g/mol. The van der Waals surface area contributed by atoms with E-state index in [4.69, 9.17) is 4.74 Å². The smallest absolute Gasteiger partial charge is 0.338 e. The van der Waals surface area contributed by atoms with E-state index in [9.17, 15) is 4.79 Å². The van der Waals surface area contributed by atoms with Crippen LogP contribution in [-0.4, -0.2) is 31.6 Å². The molecule has 4 nitrogen and oxygen atoms in total.